The maximum Gasteiger partial charge on any atom is 0.230 e. The number of hydrogen-bond acceptors (Lipinski definition) is 7. The maximum atomic E-state index is 12.3. The molecule has 2 atom stereocenters. The van der Waals surface area contributed by atoms with Crippen molar-refractivity contribution >= 4 is 51.4 Å². The lowest BCUT2D eigenvalue weighted by molar-refractivity contribution is -0.120. The third kappa shape index (κ3) is 7.48. The number of hydrogen-bond donors (Lipinski definition) is 3. The number of benzene rings is 1. The summed E-state index contributed by atoms with van der Waals surface area (Å²) in [4.78, 5) is 35.5. The summed E-state index contributed by atoms with van der Waals surface area (Å²) >= 11 is 6.51. The van der Waals surface area contributed by atoms with Crippen LogP contribution in [0, 0.1) is 5.92 Å². The highest BCUT2D eigenvalue weighted by atomic mass is 32.1. The van der Waals surface area contributed by atoms with E-state index in [1.54, 1.807) is 0 Å². The minimum Gasteiger partial charge on any atom is -0.355 e. The second-order valence-electron chi connectivity index (χ2n) is 7.64. The number of Topliss-reactive ketones (excluding diaryl/α,β-unsaturated/α-hetero) is 1. The van der Waals surface area contributed by atoms with E-state index in [-0.39, 0.29) is 47.5 Å². The lowest BCUT2D eigenvalue weighted by atomic mass is 9.99. The maximum absolute atomic E-state index is 12.3. The van der Waals surface area contributed by atoms with Gasteiger partial charge in [0.15, 0.2) is 10.9 Å². The van der Waals surface area contributed by atoms with E-state index in [0.29, 0.717) is 11.6 Å². The molecule has 2 aromatic rings. The summed E-state index contributed by atoms with van der Waals surface area (Å²) in [6.07, 6.45) is 3.47. The van der Waals surface area contributed by atoms with Crippen molar-refractivity contribution in [3.8, 4) is 0 Å². The van der Waals surface area contributed by atoms with Gasteiger partial charge in [-0.25, -0.2) is 0 Å². The number of carbonyl (C=O) groups is 3. The lowest BCUT2D eigenvalue weighted by Gasteiger charge is -2.11. The number of thiocarbonyl (C=S) groups is 1. The number of carbonyl (C=O) groups excluding carboxylic acids is 3. The van der Waals surface area contributed by atoms with Crippen molar-refractivity contribution in [3.05, 3.63) is 40.9 Å². The Morgan fingerprint density at radius 1 is 1.16 bits per heavy atom. The van der Waals surface area contributed by atoms with Crippen molar-refractivity contribution < 1.29 is 14.4 Å². The molecule has 0 spiro atoms. The Balaban J connectivity index is 1.36. The Morgan fingerprint density at radius 3 is 2.68 bits per heavy atom. The van der Waals surface area contributed by atoms with Crippen LogP contribution in [-0.4, -0.2) is 39.5 Å². The molecule has 1 aromatic heterocycles. The average molecular weight is 460 g/mol. The van der Waals surface area contributed by atoms with Crippen molar-refractivity contribution in [2.24, 2.45) is 5.92 Å². The van der Waals surface area contributed by atoms with Crippen molar-refractivity contribution in [2.45, 2.75) is 44.9 Å². The van der Waals surface area contributed by atoms with Gasteiger partial charge in [0.2, 0.25) is 16.9 Å². The van der Waals surface area contributed by atoms with Crippen LogP contribution >= 0.6 is 23.6 Å². The number of ketones is 1. The molecule has 1 fully saturated rings. The number of anilines is 1. The molecule has 0 bridgehead atoms. The molecule has 1 aliphatic carbocycles. The molecular weight excluding hydrogens is 434 g/mol. The molecule has 31 heavy (non-hydrogen) atoms. The smallest absolute Gasteiger partial charge is 0.230 e. The molecular formula is C21H25N5O3S2. The summed E-state index contributed by atoms with van der Waals surface area (Å²) in [6, 6.07) is 9.38. The Labute approximate surface area is 190 Å². The van der Waals surface area contributed by atoms with Gasteiger partial charge in [0.05, 0.1) is 13.0 Å². The van der Waals surface area contributed by atoms with Gasteiger partial charge in [-0.15, -0.1) is 10.2 Å². The fraction of sp³-hybridized carbons (Fsp3) is 0.429. The highest BCUT2D eigenvalue weighted by Crippen LogP contribution is 2.41. The quantitative estimate of drug-likeness (QED) is 0.520. The van der Waals surface area contributed by atoms with Crippen LogP contribution in [-0.2, 0) is 20.8 Å². The first-order valence-electron chi connectivity index (χ1n) is 10.1. The van der Waals surface area contributed by atoms with Crippen LogP contribution in [0.4, 0.5) is 5.13 Å². The average Bonchev–Trinajstić information content (AvgIpc) is 3.36. The van der Waals surface area contributed by atoms with Crippen LogP contribution in [0.25, 0.3) is 0 Å². The highest BCUT2D eigenvalue weighted by molar-refractivity contribution is 7.80. The molecule has 1 heterocycles. The number of rotatable bonds is 8. The zero-order valence-electron chi connectivity index (χ0n) is 17.2. The summed E-state index contributed by atoms with van der Waals surface area (Å²) in [7, 11) is 0. The van der Waals surface area contributed by atoms with E-state index >= 15 is 0 Å². The molecule has 0 saturated heterocycles. The van der Waals surface area contributed by atoms with Gasteiger partial charge >= 0.3 is 0 Å². The zero-order valence-corrected chi connectivity index (χ0v) is 18.9. The molecule has 0 radical (unpaired) electrons. The molecule has 164 valence electrons. The number of nitrogens with zero attached hydrogens (tertiary/aromatic N) is 2. The minimum absolute atomic E-state index is 0.0570. The van der Waals surface area contributed by atoms with E-state index in [4.69, 9.17) is 12.2 Å². The first kappa shape index (κ1) is 23.0. The van der Waals surface area contributed by atoms with Crippen LogP contribution in [0.2, 0.25) is 0 Å². The van der Waals surface area contributed by atoms with Crippen molar-refractivity contribution in [1.29, 1.82) is 0 Å². The second-order valence-corrected chi connectivity index (χ2v) is 9.06. The molecule has 10 heteroatoms. The monoisotopic (exact) mass is 459 g/mol. The molecule has 1 aliphatic rings. The fourth-order valence-electron chi connectivity index (χ4n) is 3.65. The summed E-state index contributed by atoms with van der Waals surface area (Å²) in [5.41, 5.74) is 0.897. The normalized spacial score (nSPS) is 17.7. The van der Waals surface area contributed by atoms with Gasteiger partial charge < -0.3 is 16.0 Å². The standard InChI is InChI=1S/C21H25N5O3S2/c1-13(27)23-21-26-25-19(31-21)16-8-7-15(9-16)10-17(28)12-22-20(30)24-18(29)11-14-5-3-2-4-6-14/h2-6,15-16H,7-12H2,1H3,(H,23,26,27)(H2,22,24,29,30)/t15-,16+/m1/s1. The lowest BCUT2D eigenvalue weighted by Crippen LogP contribution is -2.42. The molecule has 3 rings (SSSR count). The fourth-order valence-corrected chi connectivity index (χ4v) is 4.78. The van der Waals surface area contributed by atoms with E-state index in [0.717, 1.165) is 29.8 Å². The Kier molecular flexibility index (Phi) is 8.19. The summed E-state index contributed by atoms with van der Waals surface area (Å²) in [5, 5.41) is 17.8. The van der Waals surface area contributed by atoms with E-state index < -0.39 is 0 Å². The summed E-state index contributed by atoms with van der Waals surface area (Å²) in [6.45, 7) is 1.53. The molecule has 1 aromatic carbocycles. The topological polar surface area (TPSA) is 113 Å². The highest BCUT2D eigenvalue weighted by Gasteiger charge is 2.30. The van der Waals surface area contributed by atoms with Crippen LogP contribution < -0.4 is 16.0 Å². The van der Waals surface area contributed by atoms with E-state index in [1.165, 1.54) is 18.3 Å². The summed E-state index contributed by atoms with van der Waals surface area (Å²) < 4.78 is 0. The van der Waals surface area contributed by atoms with E-state index in [9.17, 15) is 14.4 Å². The first-order valence-corrected chi connectivity index (χ1v) is 11.4. The van der Waals surface area contributed by atoms with Crippen molar-refractivity contribution in [1.82, 2.24) is 20.8 Å². The largest absolute Gasteiger partial charge is 0.355 e. The van der Waals surface area contributed by atoms with Gasteiger partial charge in [-0.1, -0.05) is 41.7 Å². The van der Waals surface area contributed by atoms with Crippen LogP contribution in [0.15, 0.2) is 30.3 Å². The van der Waals surface area contributed by atoms with Gasteiger partial charge in [0.1, 0.15) is 5.01 Å². The molecule has 1 saturated carbocycles. The molecule has 0 unspecified atom stereocenters. The van der Waals surface area contributed by atoms with Gasteiger partial charge in [-0.3, -0.25) is 14.4 Å². The number of aromatic nitrogens is 2. The molecule has 3 N–H and O–H groups in total. The van der Waals surface area contributed by atoms with E-state index in [2.05, 4.69) is 26.1 Å². The van der Waals surface area contributed by atoms with Crippen molar-refractivity contribution in [2.75, 3.05) is 11.9 Å². The second kappa shape index (κ2) is 11.1. The van der Waals surface area contributed by atoms with Gasteiger partial charge in [0, 0.05) is 19.3 Å². The van der Waals surface area contributed by atoms with E-state index in [1.807, 2.05) is 30.3 Å². The van der Waals surface area contributed by atoms with Crippen LogP contribution in [0.3, 0.4) is 0 Å². The van der Waals surface area contributed by atoms with Crippen LogP contribution in [0.5, 0.6) is 0 Å². The minimum atomic E-state index is -0.217. The predicted octanol–water partition coefficient (Wildman–Crippen LogP) is 2.57. The zero-order chi connectivity index (χ0) is 22.2. The first-order chi connectivity index (χ1) is 14.9. The number of amides is 2. The molecule has 2 amide bonds. The van der Waals surface area contributed by atoms with Gasteiger partial charge in [-0.05, 0) is 43.0 Å². The SMILES string of the molecule is CC(=O)Nc1nnc([C@H]2CC[C@@H](CC(=O)CNC(=S)NC(=O)Cc3ccccc3)C2)s1. The Bertz CT molecular complexity index is 948. The third-order valence-electron chi connectivity index (χ3n) is 5.04. The van der Waals surface area contributed by atoms with Gasteiger partial charge in [-0.2, -0.15) is 0 Å². The Hall–Kier alpha value is -2.72. The Morgan fingerprint density at radius 2 is 1.94 bits per heavy atom. The number of nitrogens with one attached hydrogen (secondary N) is 3. The molecule has 8 nitrogen and oxygen atoms in total. The van der Waals surface area contributed by atoms with Gasteiger partial charge in [0.25, 0.3) is 0 Å². The predicted molar refractivity (Wildman–Crippen MR) is 123 cm³/mol. The third-order valence-corrected chi connectivity index (χ3v) is 6.28. The van der Waals surface area contributed by atoms with Crippen LogP contribution in [0.1, 0.15) is 49.1 Å². The van der Waals surface area contributed by atoms with Crippen molar-refractivity contribution in [3.63, 3.8) is 0 Å². The summed E-state index contributed by atoms with van der Waals surface area (Å²) in [5.74, 6) is 0.226. The molecule has 0 aliphatic heterocycles.